The van der Waals surface area contributed by atoms with E-state index in [0.29, 0.717) is 18.9 Å². The van der Waals surface area contributed by atoms with Crippen molar-refractivity contribution in [1.82, 2.24) is 4.57 Å². The van der Waals surface area contributed by atoms with Crippen LogP contribution in [0.5, 0.6) is 11.5 Å². The first-order valence-corrected chi connectivity index (χ1v) is 11.0. The quantitative estimate of drug-likeness (QED) is 0.735. The molecule has 1 aromatic carbocycles. The van der Waals surface area contributed by atoms with Crippen LogP contribution in [-0.2, 0) is 17.7 Å². The van der Waals surface area contributed by atoms with Crippen LogP contribution in [0.2, 0.25) is 0 Å². The molecule has 1 fully saturated rings. The fourth-order valence-electron chi connectivity index (χ4n) is 4.22. The molecule has 1 N–H and O–H groups in total. The van der Waals surface area contributed by atoms with Crippen molar-refractivity contribution < 1.29 is 18.6 Å². The summed E-state index contributed by atoms with van der Waals surface area (Å²) in [7, 11) is 1.65. The molecule has 7 heteroatoms. The molecule has 1 atom stereocenters. The Balaban J connectivity index is 0.000000858. The molecule has 170 valence electrons. The maximum absolute atomic E-state index is 12.8. The Morgan fingerprint density at radius 2 is 2.03 bits per heavy atom. The van der Waals surface area contributed by atoms with Crippen molar-refractivity contribution in [2.45, 2.75) is 52.7 Å². The van der Waals surface area contributed by atoms with Crippen molar-refractivity contribution in [2.24, 2.45) is 0 Å². The number of fused-ring (bicyclic) bond motifs is 3. The third-order valence-corrected chi connectivity index (χ3v) is 5.66. The van der Waals surface area contributed by atoms with Crippen LogP contribution in [-0.4, -0.2) is 44.2 Å². The number of anilines is 1. The summed E-state index contributed by atoms with van der Waals surface area (Å²) in [5.41, 5.74) is 5.17. The number of pyridine rings is 1. The maximum Gasteiger partial charge on any atom is 0.253 e. The molecule has 1 aromatic heterocycles. The van der Waals surface area contributed by atoms with E-state index in [1.807, 2.05) is 17.6 Å². The van der Waals surface area contributed by atoms with Crippen LogP contribution in [0.1, 0.15) is 37.8 Å². The Kier molecular flexibility index (Phi) is 7.96. The van der Waals surface area contributed by atoms with Gasteiger partial charge in [-0.3, -0.25) is 9.18 Å². The van der Waals surface area contributed by atoms with Gasteiger partial charge in [0.1, 0.15) is 0 Å². The van der Waals surface area contributed by atoms with E-state index in [9.17, 15) is 9.18 Å². The number of nitrogens with zero attached hydrogens (tertiary/aromatic N) is 1. The smallest absolute Gasteiger partial charge is 0.253 e. The molecule has 1 saturated heterocycles. The summed E-state index contributed by atoms with van der Waals surface area (Å²) in [6.07, 6.45) is 3.19. The lowest BCUT2D eigenvalue weighted by atomic mass is 9.93. The van der Waals surface area contributed by atoms with Gasteiger partial charge in [0.05, 0.1) is 32.2 Å². The summed E-state index contributed by atoms with van der Waals surface area (Å²) in [5, 5.41) is 3.44. The molecule has 2 aliphatic heterocycles. The van der Waals surface area contributed by atoms with Crippen LogP contribution >= 0.6 is 0 Å². The topological polar surface area (TPSA) is 61.7 Å². The van der Waals surface area contributed by atoms with Gasteiger partial charge in [-0.25, -0.2) is 0 Å². The number of benzene rings is 1. The maximum atomic E-state index is 12.8. The van der Waals surface area contributed by atoms with Gasteiger partial charge in [0.15, 0.2) is 11.5 Å². The molecule has 4 rings (SSSR count). The summed E-state index contributed by atoms with van der Waals surface area (Å²) in [6.45, 7) is 8.05. The first-order chi connectivity index (χ1) is 15.0. The van der Waals surface area contributed by atoms with Gasteiger partial charge < -0.3 is 24.1 Å². The second-order valence-corrected chi connectivity index (χ2v) is 7.65. The van der Waals surface area contributed by atoms with Crippen LogP contribution in [0.15, 0.2) is 23.0 Å². The minimum absolute atomic E-state index is 0.0222. The largest absolute Gasteiger partial charge is 0.493 e. The fraction of sp³-hybridized carbons (Fsp3) is 0.542. The van der Waals surface area contributed by atoms with Crippen molar-refractivity contribution in [2.75, 3.05) is 38.9 Å². The van der Waals surface area contributed by atoms with Crippen LogP contribution in [0.3, 0.4) is 0 Å². The molecule has 3 heterocycles. The van der Waals surface area contributed by atoms with Crippen LogP contribution in [0, 0.1) is 6.92 Å². The van der Waals surface area contributed by atoms with Gasteiger partial charge in [-0.15, -0.1) is 0 Å². The highest BCUT2D eigenvalue weighted by molar-refractivity contribution is 5.76. The van der Waals surface area contributed by atoms with E-state index in [1.54, 1.807) is 13.2 Å². The lowest BCUT2D eigenvalue weighted by Crippen LogP contribution is -2.28. The zero-order valence-corrected chi connectivity index (χ0v) is 18.9. The average molecular weight is 433 g/mol. The first kappa shape index (κ1) is 23.1. The molecule has 6 nitrogen and oxygen atoms in total. The van der Waals surface area contributed by atoms with E-state index < -0.39 is 0 Å². The van der Waals surface area contributed by atoms with Crippen LogP contribution in [0.4, 0.5) is 10.1 Å². The summed E-state index contributed by atoms with van der Waals surface area (Å²) in [5.74, 6) is 1.45. The number of hydrogen-bond donors (Lipinski definition) is 1. The number of rotatable bonds is 6. The number of hydrogen-bond acceptors (Lipinski definition) is 5. The van der Waals surface area contributed by atoms with Gasteiger partial charge in [-0.05, 0) is 63.3 Å². The monoisotopic (exact) mass is 432 g/mol. The summed E-state index contributed by atoms with van der Waals surface area (Å²) < 4.78 is 29.2. The number of methoxy groups -OCH3 is 1. The van der Waals surface area contributed by atoms with Crippen molar-refractivity contribution in [3.8, 4) is 22.8 Å². The third-order valence-electron chi connectivity index (χ3n) is 5.66. The second-order valence-electron chi connectivity index (χ2n) is 7.65. The van der Waals surface area contributed by atoms with Crippen molar-refractivity contribution in [3.05, 3.63) is 39.7 Å². The second kappa shape index (κ2) is 10.7. The molecule has 31 heavy (non-hydrogen) atoms. The Bertz CT molecular complexity index is 952. The van der Waals surface area contributed by atoms with E-state index in [2.05, 4.69) is 18.3 Å². The van der Waals surface area contributed by atoms with E-state index in [1.165, 1.54) is 12.5 Å². The lowest BCUT2D eigenvalue weighted by Gasteiger charge is -2.26. The molecule has 0 amide bonds. The molecular formula is C24H33FN2O4. The third kappa shape index (κ3) is 5.03. The van der Waals surface area contributed by atoms with Crippen molar-refractivity contribution in [3.63, 3.8) is 0 Å². The van der Waals surface area contributed by atoms with Gasteiger partial charge in [-0.1, -0.05) is 0 Å². The molecule has 0 saturated carbocycles. The molecule has 0 spiro atoms. The highest BCUT2D eigenvalue weighted by Gasteiger charge is 2.24. The Morgan fingerprint density at radius 1 is 1.26 bits per heavy atom. The van der Waals surface area contributed by atoms with Gasteiger partial charge >= 0.3 is 0 Å². The van der Waals surface area contributed by atoms with Crippen LogP contribution < -0.4 is 20.3 Å². The summed E-state index contributed by atoms with van der Waals surface area (Å²) in [4.78, 5) is 12.8. The van der Waals surface area contributed by atoms with Gasteiger partial charge in [0.2, 0.25) is 0 Å². The lowest BCUT2D eigenvalue weighted by molar-refractivity contribution is 0.120. The van der Waals surface area contributed by atoms with E-state index >= 15 is 0 Å². The van der Waals surface area contributed by atoms with Crippen molar-refractivity contribution >= 4 is 5.69 Å². The first-order valence-electron chi connectivity index (χ1n) is 11.0. The van der Waals surface area contributed by atoms with E-state index in [-0.39, 0.29) is 18.3 Å². The SMILES string of the molecule is CCF.CCOc1cc2c(cc1OC)-c1c(C)c(NCC3CCCO3)cc(=O)n1CC2. The molecule has 0 aliphatic carbocycles. The number of ether oxygens (including phenoxy) is 3. The number of halogens is 1. The van der Waals surface area contributed by atoms with E-state index in [0.717, 1.165) is 60.7 Å². The summed E-state index contributed by atoms with van der Waals surface area (Å²) in [6, 6.07) is 5.77. The normalized spacial score (nSPS) is 16.6. The molecule has 2 aliphatic rings. The van der Waals surface area contributed by atoms with Gasteiger partial charge in [-0.2, -0.15) is 0 Å². The molecule has 0 radical (unpaired) electrons. The number of aryl methyl sites for hydroxylation is 1. The molecule has 0 bridgehead atoms. The Labute approximate surface area is 183 Å². The zero-order chi connectivity index (χ0) is 22.4. The van der Waals surface area contributed by atoms with Gasteiger partial charge in [0, 0.05) is 37.0 Å². The fourth-order valence-corrected chi connectivity index (χ4v) is 4.22. The Morgan fingerprint density at radius 3 is 2.68 bits per heavy atom. The van der Waals surface area contributed by atoms with E-state index in [4.69, 9.17) is 14.2 Å². The molecular weight excluding hydrogens is 399 g/mol. The highest BCUT2D eigenvalue weighted by Crippen LogP contribution is 2.40. The standard InChI is InChI=1S/C22H28N2O4.C2H5F/c1-4-27-20-10-15-7-8-24-21(25)12-18(23-13-16-6-5-9-28-16)14(2)22(24)17(15)11-19(20)26-3;1-2-3/h10-12,16,23H,4-9,13H2,1-3H3;2H2,1H3. The number of alkyl halides is 1. The number of nitrogens with one attached hydrogen (secondary N) is 1. The summed E-state index contributed by atoms with van der Waals surface area (Å²) >= 11 is 0. The number of aromatic nitrogens is 1. The average Bonchev–Trinajstić information content (AvgIpc) is 3.28. The zero-order valence-electron chi connectivity index (χ0n) is 18.9. The minimum atomic E-state index is -0.250. The highest BCUT2D eigenvalue weighted by atomic mass is 19.1. The Hall–Kier alpha value is -2.54. The van der Waals surface area contributed by atoms with Gasteiger partial charge in [0.25, 0.3) is 5.56 Å². The molecule has 2 aromatic rings. The van der Waals surface area contributed by atoms with Crippen molar-refractivity contribution in [1.29, 1.82) is 0 Å². The van der Waals surface area contributed by atoms with Crippen LogP contribution in [0.25, 0.3) is 11.3 Å². The predicted octanol–water partition coefficient (Wildman–Crippen LogP) is 4.35. The molecule has 1 unspecified atom stereocenters. The predicted molar refractivity (Wildman–Crippen MR) is 121 cm³/mol. The minimum Gasteiger partial charge on any atom is -0.493 e.